The number of aliphatic hydroxyl groups excluding tert-OH is 1. The van der Waals surface area contributed by atoms with Crippen LogP contribution in [-0.4, -0.2) is 31.5 Å². The molecule has 0 radical (unpaired) electrons. The van der Waals surface area contributed by atoms with E-state index >= 15 is 0 Å². The van der Waals surface area contributed by atoms with Crippen molar-refractivity contribution in [1.82, 2.24) is 0 Å². The molecule has 0 aliphatic carbocycles. The summed E-state index contributed by atoms with van der Waals surface area (Å²) in [4.78, 5) is 0. The second-order valence-corrected chi connectivity index (χ2v) is 3.46. The highest BCUT2D eigenvalue weighted by molar-refractivity contribution is 5.40. The van der Waals surface area contributed by atoms with Gasteiger partial charge in [0, 0.05) is 12.7 Å². The molecular formula is C13H15FO3. The summed E-state index contributed by atoms with van der Waals surface area (Å²) in [6.45, 7) is 1.87. The second kappa shape index (κ2) is 6.89. The molecule has 1 N–H and O–H groups in total. The van der Waals surface area contributed by atoms with Crippen LogP contribution in [0.5, 0.6) is 5.75 Å². The first kappa shape index (κ1) is 13.5. The summed E-state index contributed by atoms with van der Waals surface area (Å²) in [6.07, 6.45) is -0.110. The molecule has 0 aliphatic rings. The molecule has 1 rings (SSSR count). The van der Waals surface area contributed by atoms with E-state index in [4.69, 9.17) is 14.6 Å². The Labute approximate surface area is 100 Å². The maximum absolute atomic E-state index is 13.4. The summed E-state index contributed by atoms with van der Waals surface area (Å²) < 4.78 is 23.7. The van der Waals surface area contributed by atoms with Crippen LogP contribution in [0.15, 0.2) is 18.2 Å². The summed E-state index contributed by atoms with van der Waals surface area (Å²) in [5, 5.41) is 8.56. The predicted molar refractivity (Wildman–Crippen MR) is 62.3 cm³/mol. The molecule has 4 heteroatoms. The summed E-state index contributed by atoms with van der Waals surface area (Å²) in [5.74, 6) is 4.87. The van der Waals surface area contributed by atoms with Gasteiger partial charge < -0.3 is 14.6 Å². The SMILES string of the molecule is COC(C)COc1cc(C#CCO)ccc1F. The van der Waals surface area contributed by atoms with Crippen molar-refractivity contribution in [3.05, 3.63) is 29.6 Å². The van der Waals surface area contributed by atoms with Crippen molar-refractivity contribution in [1.29, 1.82) is 0 Å². The number of halogens is 1. The number of rotatable bonds is 4. The van der Waals surface area contributed by atoms with Crippen LogP contribution in [0.3, 0.4) is 0 Å². The van der Waals surface area contributed by atoms with Crippen LogP contribution in [0.4, 0.5) is 4.39 Å². The zero-order valence-electron chi connectivity index (χ0n) is 9.87. The van der Waals surface area contributed by atoms with Gasteiger partial charge in [0.15, 0.2) is 11.6 Å². The van der Waals surface area contributed by atoms with Crippen LogP contribution in [-0.2, 0) is 4.74 Å². The highest BCUT2D eigenvalue weighted by Crippen LogP contribution is 2.18. The summed E-state index contributed by atoms with van der Waals surface area (Å²) in [7, 11) is 1.56. The van der Waals surface area contributed by atoms with E-state index in [9.17, 15) is 4.39 Å². The molecule has 0 bridgehead atoms. The normalized spacial score (nSPS) is 11.5. The average Bonchev–Trinajstić information content (AvgIpc) is 2.35. The third kappa shape index (κ3) is 4.43. The quantitative estimate of drug-likeness (QED) is 0.809. The molecule has 0 amide bonds. The maximum Gasteiger partial charge on any atom is 0.165 e. The van der Waals surface area contributed by atoms with Crippen LogP contribution < -0.4 is 4.74 Å². The monoisotopic (exact) mass is 238 g/mol. The number of methoxy groups -OCH3 is 1. The van der Waals surface area contributed by atoms with Crippen LogP contribution >= 0.6 is 0 Å². The molecule has 92 valence electrons. The lowest BCUT2D eigenvalue weighted by Crippen LogP contribution is -2.16. The fourth-order valence-corrected chi connectivity index (χ4v) is 1.11. The Balaban J connectivity index is 2.76. The molecule has 0 saturated carbocycles. The Morgan fingerprint density at radius 2 is 2.24 bits per heavy atom. The fraction of sp³-hybridized carbons (Fsp3) is 0.385. The standard InChI is InChI=1S/C13H15FO3/c1-10(16-2)9-17-13-8-11(4-3-7-15)5-6-12(13)14/h5-6,8,10,15H,7,9H2,1-2H3. The molecule has 0 saturated heterocycles. The zero-order chi connectivity index (χ0) is 12.7. The zero-order valence-corrected chi connectivity index (χ0v) is 9.87. The summed E-state index contributed by atoms with van der Waals surface area (Å²) in [5.41, 5.74) is 0.598. The van der Waals surface area contributed by atoms with E-state index in [1.165, 1.54) is 18.2 Å². The first-order chi connectivity index (χ1) is 8.17. The topological polar surface area (TPSA) is 38.7 Å². The molecule has 3 nitrogen and oxygen atoms in total. The Morgan fingerprint density at radius 1 is 1.47 bits per heavy atom. The van der Waals surface area contributed by atoms with Crippen LogP contribution in [0.25, 0.3) is 0 Å². The third-order valence-electron chi connectivity index (χ3n) is 2.12. The first-order valence-corrected chi connectivity index (χ1v) is 5.22. The number of ether oxygens (including phenoxy) is 2. The van der Waals surface area contributed by atoms with Crippen molar-refractivity contribution in [2.24, 2.45) is 0 Å². The van der Waals surface area contributed by atoms with Gasteiger partial charge in [0.25, 0.3) is 0 Å². The van der Waals surface area contributed by atoms with Gasteiger partial charge >= 0.3 is 0 Å². The van der Waals surface area contributed by atoms with E-state index < -0.39 is 5.82 Å². The van der Waals surface area contributed by atoms with Gasteiger partial charge in [-0.2, -0.15) is 0 Å². The lowest BCUT2D eigenvalue weighted by molar-refractivity contribution is 0.0702. The van der Waals surface area contributed by atoms with Gasteiger partial charge in [0.2, 0.25) is 0 Å². The van der Waals surface area contributed by atoms with Gasteiger partial charge in [0.05, 0.1) is 6.10 Å². The number of benzene rings is 1. The van der Waals surface area contributed by atoms with Crippen molar-refractivity contribution in [2.45, 2.75) is 13.0 Å². The number of hydrogen-bond donors (Lipinski definition) is 1. The maximum atomic E-state index is 13.4. The molecule has 1 atom stereocenters. The largest absolute Gasteiger partial charge is 0.488 e. The smallest absolute Gasteiger partial charge is 0.165 e. The van der Waals surface area contributed by atoms with Crippen LogP contribution in [0.2, 0.25) is 0 Å². The fourth-order valence-electron chi connectivity index (χ4n) is 1.11. The minimum atomic E-state index is -0.442. The predicted octanol–water partition coefficient (Wildman–Crippen LogP) is 1.58. The molecule has 1 aromatic rings. The van der Waals surface area contributed by atoms with E-state index in [0.29, 0.717) is 5.56 Å². The third-order valence-corrected chi connectivity index (χ3v) is 2.12. The Kier molecular flexibility index (Phi) is 5.47. The lowest BCUT2D eigenvalue weighted by atomic mass is 10.2. The highest BCUT2D eigenvalue weighted by atomic mass is 19.1. The van der Waals surface area contributed by atoms with E-state index in [1.807, 2.05) is 6.92 Å². The first-order valence-electron chi connectivity index (χ1n) is 5.22. The van der Waals surface area contributed by atoms with Gasteiger partial charge in [-0.15, -0.1) is 0 Å². The molecule has 0 aromatic heterocycles. The Hall–Kier alpha value is -1.57. The number of aliphatic hydroxyl groups is 1. The second-order valence-electron chi connectivity index (χ2n) is 3.46. The van der Waals surface area contributed by atoms with Crippen LogP contribution in [0.1, 0.15) is 12.5 Å². The summed E-state index contributed by atoms with van der Waals surface area (Å²) in [6, 6.07) is 4.32. The van der Waals surface area contributed by atoms with Gasteiger partial charge in [-0.1, -0.05) is 11.8 Å². The molecule has 0 heterocycles. The van der Waals surface area contributed by atoms with E-state index in [2.05, 4.69) is 11.8 Å². The lowest BCUT2D eigenvalue weighted by Gasteiger charge is -2.12. The molecule has 17 heavy (non-hydrogen) atoms. The molecule has 1 unspecified atom stereocenters. The minimum absolute atomic E-state index is 0.110. The minimum Gasteiger partial charge on any atom is -0.488 e. The Morgan fingerprint density at radius 3 is 2.88 bits per heavy atom. The van der Waals surface area contributed by atoms with Crippen molar-refractivity contribution < 1.29 is 19.0 Å². The average molecular weight is 238 g/mol. The van der Waals surface area contributed by atoms with Crippen molar-refractivity contribution in [3.63, 3.8) is 0 Å². The van der Waals surface area contributed by atoms with Gasteiger partial charge in [-0.05, 0) is 25.1 Å². The van der Waals surface area contributed by atoms with Gasteiger partial charge in [-0.25, -0.2) is 4.39 Å². The van der Waals surface area contributed by atoms with E-state index in [-0.39, 0.29) is 25.1 Å². The van der Waals surface area contributed by atoms with E-state index in [1.54, 1.807) is 7.11 Å². The van der Waals surface area contributed by atoms with Gasteiger partial charge in [-0.3, -0.25) is 0 Å². The highest BCUT2D eigenvalue weighted by Gasteiger charge is 2.06. The molecular weight excluding hydrogens is 223 g/mol. The summed E-state index contributed by atoms with van der Waals surface area (Å²) >= 11 is 0. The van der Waals surface area contributed by atoms with Crippen molar-refractivity contribution in [2.75, 3.05) is 20.3 Å². The van der Waals surface area contributed by atoms with Crippen molar-refractivity contribution in [3.8, 4) is 17.6 Å². The van der Waals surface area contributed by atoms with Crippen molar-refractivity contribution >= 4 is 0 Å². The van der Waals surface area contributed by atoms with Gasteiger partial charge in [0.1, 0.15) is 13.2 Å². The molecule has 1 aromatic carbocycles. The molecule has 0 spiro atoms. The van der Waals surface area contributed by atoms with Crippen LogP contribution in [0, 0.1) is 17.7 Å². The van der Waals surface area contributed by atoms with E-state index in [0.717, 1.165) is 0 Å². The molecule has 0 aliphatic heterocycles. The number of hydrogen-bond acceptors (Lipinski definition) is 3. The Bertz CT molecular complexity index is 420. The molecule has 0 fully saturated rings.